The zero-order chi connectivity index (χ0) is 8.72. The van der Waals surface area contributed by atoms with Crippen LogP contribution in [-0.2, 0) is 7.05 Å². The second-order valence-electron chi connectivity index (χ2n) is 2.44. The van der Waals surface area contributed by atoms with E-state index in [1.807, 2.05) is 0 Å². The average Bonchev–Trinajstić information content (AvgIpc) is 2.48. The van der Waals surface area contributed by atoms with Crippen molar-refractivity contribution in [3.8, 4) is 0 Å². The predicted octanol–water partition coefficient (Wildman–Crippen LogP) is -0.761. The highest BCUT2D eigenvalue weighted by atomic mass is 16.1. The number of H-pyrrole nitrogens is 1. The summed E-state index contributed by atoms with van der Waals surface area (Å²) in [6.45, 7) is 0. The van der Waals surface area contributed by atoms with Gasteiger partial charge in [-0.2, -0.15) is 4.98 Å². The van der Waals surface area contributed by atoms with E-state index in [2.05, 4.69) is 15.0 Å². The van der Waals surface area contributed by atoms with E-state index in [0.717, 1.165) is 0 Å². The third kappa shape index (κ3) is 0.714. The Labute approximate surface area is 67.1 Å². The fraction of sp³-hybridized carbons (Fsp3) is 0.167. The van der Waals surface area contributed by atoms with Crippen molar-refractivity contribution in [3.63, 3.8) is 0 Å². The largest absolute Gasteiger partial charge is 0.382 e. The molecule has 0 saturated carbocycles. The number of nitrogen functional groups attached to an aromatic ring is 1. The number of aromatic nitrogens is 4. The van der Waals surface area contributed by atoms with Crippen molar-refractivity contribution >= 4 is 17.0 Å². The van der Waals surface area contributed by atoms with E-state index in [9.17, 15) is 4.79 Å². The lowest BCUT2D eigenvalue weighted by atomic mass is 10.5. The lowest BCUT2D eigenvalue weighted by molar-refractivity contribution is 0.845. The summed E-state index contributed by atoms with van der Waals surface area (Å²) in [4.78, 5) is 21.4. The number of rotatable bonds is 0. The first-order chi connectivity index (χ1) is 5.70. The molecule has 0 bridgehead atoms. The van der Waals surface area contributed by atoms with Gasteiger partial charge in [0.1, 0.15) is 5.52 Å². The van der Waals surface area contributed by atoms with E-state index in [-0.39, 0.29) is 5.82 Å². The topological polar surface area (TPSA) is 89.6 Å². The van der Waals surface area contributed by atoms with Gasteiger partial charge in [0.15, 0.2) is 11.5 Å². The lowest BCUT2D eigenvalue weighted by Crippen LogP contribution is -2.21. The molecule has 2 rings (SSSR count). The van der Waals surface area contributed by atoms with Gasteiger partial charge in [0.2, 0.25) is 0 Å². The highest BCUT2D eigenvalue weighted by Crippen LogP contribution is 2.09. The molecule has 6 nitrogen and oxygen atoms in total. The third-order valence-electron chi connectivity index (χ3n) is 1.70. The van der Waals surface area contributed by atoms with Gasteiger partial charge >= 0.3 is 5.69 Å². The molecule has 0 aliphatic rings. The summed E-state index contributed by atoms with van der Waals surface area (Å²) >= 11 is 0. The van der Waals surface area contributed by atoms with Crippen LogP contribution in [0.3, 0.4) is 0 Å². The number of nitrogens with one attached hydrogen (secondary N) is 1. The lowest BCUT2D eigenvalue weighted by Gasteiger charge is -1.98. The summed E-state index contributed by atoms with van der Waals surface area (Å²) in [7, 11) is 1.60. The molecular weight excluding hydrogens is 158 g/mol. The smallest absolute Gasteiger partial charge is 0.351 e. The van der Waals surface area contributed by atoms with Crippen LogP contribution >= 0.6 is 0 Å². The Balaban J connectivity index is 3.07. The molecule has 0 spiro atoms. The van der Waals surface area contributed by atoms with Crippen molar-refractivity contribution in [1.82, 2.24) is 19.5 Å². The van der Waals surface area contributed by atoms with E-state index < -0.39 is 5.69 Å². The van der Waals surface area contributed by atoms with Gasteiger partial charge < -0.3 is 10.7 Å². The first kappa shape index (κ1) is 6.84. The van der Waals surface area contributed by atoms with Crippen LogP contribution in [0.15, 0.2) is 11.1 Å². The van der Waals surface area contributed by atoms with E-state index >= 15 is 0 Å². The molecule has 0 fully saturated rings. The predicted molar refractivity (Wildman–Crippen MR) is 43.5 cm³/mol. The molecule has 3 N–H and O–H groups in total. The van der Waals surface area contributed by atoms with Crippen molar-refractivity contribution in [2.24, 2.45) is 7.05 Å². The Bertz CT molecular complexity index is 482. The first-order valence-corrected chi connectivity index (χ1v) is 3.35. The van der Waals surface area contributed by atoms with Gasteiger partial charge in [-0.25, -0.2) is 9.78 Å². The van der Waals surface area contributed by atoms with Gasteiger partial charge in [-0.05, 0) is 0 Å². The fourth-order valence-electron chi connectivity index (χ4n) is 1.05. The van der Waals surface area contributed by atoms with Crippen molar-refractivity contribution in [2.75, 3.05) is 5.73 Å². The van der Waals surface area contributed by atoms with Gasteiger partial charge in [-0.1, -0.05) is 0 Å². The highest BCUT2D eigenvalue weighted by molar-refractivity contribution is 5.80. The van der Waals surface area contributed by atoms with Gasteiger partial charge in [0.25, 0.3) is 0 Å². The summed E-state index contributed by atoms with van der Waals surface area (Å²) in [5.41, 5.74) is 6.19. The standard InChI is InChI=1S/C6H7N5O/c1-11-5-3(8-2-9-5)4(7)10-6(11)12/h2H,1H3,(H,8,9)(H2,7,10,12). The molecule has 0 saturated heterocycles. The van der Waals surface area contributed by atoms with Crippen LogP contribution in [0.2, 0.25) is 0 Å². The normalized spacial score (nSPS) is 10.8. The van der Waals surface area contributed by atoms with Crippen LogP contribution in [0.5, 0.6) is 0 Å². The number of hydrogen-bond donors (Lipinski definition) is 2. The van der Waals surface area contributed by atoms with Crippen LogP contribution in [0, 0.1) is 0 Å². The summed E-state index contributed by atoms with van der Waals surface area (Å²) in [5.74, 6) is 0.186. The zero-order valence-corrected chi connectivity index (χ0v) is 6.40. The third-order valence-corrected chi connectivity index (χ3v) is 1.70. The molecule has 0 radical (unpaired) electrons. The van der Waals surface area contributed by atoms with Crippen molar-refractivity contribution < 1.29 is 0 Å². The molecule has 2 aromatic rings. The molecule has 0 aliphatic heterocycles. The summed E-state index contributed by atoms with van der Waals surface area (Å²) in [5, 5.41) is 0. The zero-order valence-electron chi connectivity index (χ0n) is 6.40. The monoisotopic (exact) mass is 165 g/mol. The van der Waals surface area contributed by atoms with Crippen LogP contribution in [-0.4, -0.2) is 19.5 Å². The minimum absolute atomic E-state index is 0.186. The highest BCUT2D eigenvalue weighted by Gasteiger charge is 2.06. The summed E-state index contributed by atoms with van der Waals surface area (Å²) in [6.07, 6.45) is 1.47. The van der Waals surface area contributed by atoms with E-state index in [1.165, 1.54) is 10.9 Å². The Morgan fingerprint density at radius 2 is 2.42 bits per heavy atom. The first-order valence-electron chi connectivity index (χ1n) is 3.35. The molecule has 62 valence electrons. The Morgan fingerprint density at radius 1 is 1.67 bits per heavy atom. The quantitative estimate of drug-likeness (QED) is 0.536. The molecule has 6 heteroatoms. The molecule has 2 aromatic heterocycles. The second-order valence-corrected chi connectivity index (χ2v) is 2.44. The van der Waals surface area contributed by atoms with E-state index in [4.69, 9.17) is 5.73 Å². The number of imidazole rings is 1. The summed E-state index contributed by atoms with van der Waals surface area (Å²) in [6, 6.07) is 0. The molecule has 0 aromatic carbocycles. The molecule has 0 unspecified atom stereocenters. The van der Waals surface area contributed by atoms with Gasteiger partial charge in [0, 0.05) is 7.05 Å². The maximum absolute atomic E-state index is 11.1. The number of nitrogens with zero attached hydrogens (tertiary/aromatic N) is 3. The van der Waals surface area contributed by atoms with Crippen LogP contribution < -0.4 is 11.4 Å². The minimum Gasteiger partial charge on any atom is -0.382 e. The van der Waals surface area contributed by atoms with Crippen molar-refractivity contribution in [1.29, 1.82) is 0 Å². The number of aromatic amines is 1. The van der Waals surface area contributed by atoms with Crippen LogP contribution in [0.1, 0.15) is 0 Å². The summed E-state index contributed by atoms with van der Waals surface area (Å²) < 4.78 is 1.34. The number of hydrogen-bond acceptors (Lipinski definition) is 4. The molecule has 2 heterocycles. The Morgan fingerprint density at radius 3 is 3.17 bits per heavy atom. The number of aryl methyl sites for hydroxylation is 1. The molecule has 0 aliphatic carbocycles. The fourth-order valence-corrected chi connectivity index (χ4v) is 1.05. The van der Waals surface area contributed by atoms with E-state index in [0.29, 0.717) is 11.2 Å². The number of anilines is 1. The van der Waals surface area contributed by atoms with Gasteiger partial charge in [-0.3, -0.25) is 4.57 Å². The SMILES string of the molecule is Cn1c(=O)nc(N)c2[nH]cnc21. The number of fused-ring (bicyclic) bond motifs is 1. The molecule has 12 heavy (non-hydrogen) atoms. The van der Waals surface area contributed by atoms with Crippen molar-refractivity contribution in [2.45, 2.75) is 0 Å². The number of nitrogens with two attached hydrogens (primary N) is 1. The maximum atomic E-state index is 11.1. The van der Waals surface area contributed by atoms with Gasteiger partial charge in [0.05, 0.1) is 6.33 Å². The molecule has 0 amide bonds. The maximum Gasteiger partial charge on any atom is 0.351 e. The minimum atomic E-state index is -0.396. The van der Waals surface area contributed by atoms with E-state index in [1.54, 1.807) is 7.05 Å². The van der Waals surface area contributed by atoms with Crippen LogP contribution in [0.25, 0.3) is 11.2 Å². The second kappa shape index (κ2) is 2.07. The Kier molecular flexibility index (Phi) is 1.18. The van der Waals surface area contributed by atoms with Crippen molar-refractivity contribution in [3.05, 3.63) is 16.8 Å². The Hall–Kier alpha value is -1.85. The van der Waals surface area contributed by atoms with Gasteiger partial charge in [-0.15, -0.1) is 0 Å². The molecule has 0 atom stereocenters. The molecular formula is C6H7N5O. The van der Waals surface area contributed by atoms with Crippen LogP contribution in [0.4, 0.5) is 5.82 Å². The average molecular weight is 165 g/mol.